The van der Waals surface area contributed by atoms with Crippen molar-refractivity contribution in [2.24, 2.45) is 0 Å². The Balaban J connectivity index is 2.53. The van der Waals surface area contributed by atoms with Crippen LogP contribution in [0.1, 0.15) is 19.4 Å². The molecule has 0 aliphatic carbocycles. The largest absolute Gasteiger partial charge is 0.456 e. The van der Waals surface area contributed by atoms with Crippen LogP contribution in [0.25, 0.3) is 0 Å². The van der Waals surface area contributed by atoms with E-state index < -0.39 is 50.7 Å². The second-order valence-electron chi connectivity index (χ2n) is 5.21. The van der Waals surface area contributed by atoms with Crippen molar-refractivity contribution >= 4 is 21.8 Å². The number of benzene rings is 1. The Hall–Kier alpha value is -2.49. The van der Waals surface area contributed by atoms with E-state index in [1.165, 1.54) is 0 Å². The molecule has 1 unspecified atom stereocenters. The van der Waals surface area contributed by atoms with Gasteiger partial charge in [-0.05, 0) is 19.1 Å². The predicted octanol–water partition coefficient (Wildman–Crippen LogP) is 1.06. The van der Waals surface area contributed by atoms with Gasteiger partial charge in [-0.15, -0.1) is 0 Å². The molecule has 1 aromatic carbocycles. The number of carbonyl (C=O) groups excluding carboxylic acids is 2. The minimum Gasteiger partial charge on any atom is -0.456 e. The van der Waals surface area contributed by atoms with Crippen LogP contribution in [0.15, 0.2) is 29.8 Å². The minimum atomic E-state index is -3.88. The van der Waals surface area contributed by atoms with Gasteiger partial charge in [-0.3, -0.25) is 14.3 Å². The van der Waals surface area contributed by atoms with Gasteiger partial charge < -0.3 is 9.47 Å². The van der Waals surface area contributed by atoms with E-state index in [0.717, 1.165) is 32.2 Å². The monoisotopic (exact) mass is 361 g/mol. The maximum absolute atomic E-state index is 14.0. The zero-order valence-electron chi connectivity index (χ0n) is 12.8. The third kappa shape index (κ3) is 3.37. The SMILES string of the molecule is CC(=O)OC1=C(NS(C)(=O)=O)OC(C)(c2ccc(F)cc2F)C1=O. The van der Waals surface area contributed by atoms with Crippen LogP contribution in [0.3, 0.4) is 0 Å². The Morgan fingerprint density at radius 3 is 2.46 bits per heavy atom. The molecule has 0 fully saturated rings. The maximum atomic E-state index is 14.0. The van der Waals surface area contributed by atoms with Gasteiger partial charge in [0, 0.05) is 18.6 Å². The Morgan fingerprint density at radius 1 is 1.33 bits per heavy atom. The topological polar surface area (TPSA) is 98.8 Å². The molecule has 0 saturated carbocycles. The number of hydrogen-bond acceptors (Lipinski definition) is 6. The third-order valence-electron chi connectivity index (χ3n) is 3.12. The molecule has 0 spiro atoms. The number of sulfonamides is 1. The number of carbonyl (C=O) groups is 2. The summed E-state index contributed by atoms with van der Waals surface area (Å²) in [6.07, 6.45) is 0.785. The van der Waals surface area contributed by atoms with Gasteiger partial charge in [0.05, 0.1) is 6.26 Å². The minimum absolute atomic E-state index is 0.344. The molecule has 1 N–H and O–H groups in total. The molecule has 2 rings (SSSR count). The summed E-state index contributed by atoms with van der Waals surface area (Å²) in [5, 5.41) is 0. The summed E-state index contributed by atoms with van der Waals surface area (Å²) in [5.74, 6) is -5.20. The second-order valence-corrected chi connectivity index (χ2v) is 6.96. The van der Waals surface area contributed by atoms with Crippen molar-refractivity contribution in [2.45, 2.75) is 19.4 Å². The normalized spacial score (nSPS) is 20.8. The van der Waals surface area contributed by atoms with Crippen LogP contribution in [0.4, 0.5) is 8.78 Å². The fourth-order valence-electron chi connectivity index (χ4n) is 2.14. The highest BCUT2D eigenvalue weighted by Gasteiger charge is 2.51. The van der Waals surface area contributed by atoms with E-state index in [4.69, 9.17) is 9.47 Å². The number of ketones is 1. The number of Topliss-reactive ketones (excluding diaryl/α,β-unsaturated/α-hetero) is 1. The van der Waals surface area contributed by atoms with E-state index >= 15 is 0 Å². The van der Waals surface area contributed by atoms with Crippen molar-refractivity contribution in [2.75, 3.05) is 6.26 Å². The molecule has 130 valence electrons. The Kier molecular flexibility index (Phi) is 4.36. The Bertz CT molecular complexity index is 864. The lowest BCUT2D eigenvalue weighted by atomic mass is 9.91. The molecule has 10 heteroatoms. The van der Waals surface area contributed by atoms with Crippen molar-refractivity contribution in [3.63, 3.8) is 0 Å². The van der Waals surface area contributed by atoms with Gasteiger partial charge in [-0.25, -0.2) is 17.2 Å². The molecule has 0 aromatic heterocycles. The third-order valence-corrected chi connectivity index (χ3v) is 3.68. The molecule has 7 nitrogen and oxygen atoms in total. The van der Waals surface area contributed by atoms with Gasteiger partial charge in [-0.2, -0.15) is 0 Å². The van der Waals surface area contributed by atoms with E-state index in [1.807, 2.05) is 4.72 Å². The number of halogens is 2. The van der Waals surface area contributed by atoms with Gasteiger partial charge in [0.15, 0.2) is 0 Å². The van der Waals surface area contributed by atoms with E-state index in [2.05, 4.69) is 0 Å². The van der Waals surface area contributed by atoms with E-state index in [9.17, 15) is 26.8 Å². The van der Waals surface area contributed by atoms with Crippen molar-refractivity contribution in [1.82, 2.24) is 4.72 Å². The highest BCUT2D eigenvalue weighted by atomic mass is 32.2. The molecule has 1 heterocycles. The number of hydrogen-bond donors (Lipinski definition) is 1. The lowest BCUT2D eigenvalue weighted by molar-refractivity contribution is -0.142. The molecular formula is C14H13F2NO6S. The highest BCUT2D eigenvalue weighted by molar-refractivity contribution is 7.88. The fraction of sp³-hybridized carbons (Fsp3) is 0.286. The van der Waals surface area contributed by atoms with Crippen molar-refractivity contribution in [3.8, 4) is 0 Å². The second kappa shape index (κ2) is 5.86. The van der Waals surface area contributed by atoms with Gasteiger partial charge in [0.2, 0.25) is 27.3 Å². The quantitative estimate of drug-likeness (QED) is 0.805. The smallest absolute Gasteiger partial charge is 0.308 e. The molecule has 0 saturated heterocycles. The van der Waals surface area contributed by atoms with Crippen LogP contribution in [0, 0.1) is 11.6 Å². The predicted molar refractivity (Wildman–Crippen MR) is 76.6 cm³/mol. The van der Waals surface area contributed by atoms with Crippen LogP contribution >= 0.6 is 0 Å². The lowest BCUT2D eigenvalue weighted by Gasteiger charge is -2.24. The number of esters is 1. The zero-order valence-corrected chi connectivity index (χ0v) is 13.7. The van der Waals surface area contributed by atoms with Crippen LogP contribution in [0.2, 0.25) is 0 Å². The molecule has 0 bridgehead atoms. The summed E-state index contributed by atoms with van der Waals surface area (Å²) in [4.78, 5) is 23.7. The molecule has 24 heavy (non-hydrogen) atoms. The first-order valence-electron chi connectivity index (χ1n) is 6.54. The first-order valence-corrected chi connectivity index (χ1v) is 8.43. The molecule has 1 aliphatic heterocycles. The van der Waals surface area contributed by atoms with Crippen LogP contribution in [-0.4, -0.2) is 26.4 Å². The Morgan fingerprint density at radius 2 is 1.96 bits per heavy atom. The van der Waals surface area contributed by atoms with Gasteiger partial charge >= 0.3 is 5.97 Å². The molecule has 0 radical (unpaired) electrons. The number of rotatable bonds is 4. The summed E-state index contributed by atoms with van der Waals surface area (Å²) in [7, 11) is -3.88. The summed E-state index contributed by atoms with van der Waals surface area (Å²) in [5.41, 5.74) is -2.38. The molecule has 0 amide bonds. The van der Waals surface area contributed by atoms with Crippen molar-refractivity contribution in [1.29, 1.82) is 0 Å². The summed E-state index contributed by atoms with van der Waals surface area (Å²) >= 11 is 0. The first kappa shape index (κ1) is 17.9. The number of ether oxygens (including phenoxy) is 2. The average Bonchev–Trinajstić information content (AvgIpc) is 2.61. The van der Waals surface area contributed by atoms with Crippen LogP contribution in [-0.2, 0) is 34.7 Å². The Labute approximate surface area is 136 Å². The maximum Gasteiger partial charge on any atom is 0.308 e. The van der Waals surface area contributed by atoms with E-state index in [0.29, 0.717) is 6.07 Å². The molecule has 1 atom stereocenters. The van der Waals surface area contributed by atoms with E-state index in [1.54, 1.807) is 0 Å². The van der Waals surface area contributed by atoms with Gasteiger partial charge in [-0.1, -0.05) is 0 Å². The molecular weight excluding hydrogens is 348 g/mol. The fourth-order valence-corrected chi connectivity index (χ4v) is 2.61. The highest BCUT2D eigenvalue weighted by Crippen LogP contribution is 2.39. The van der Waals surface area contributed by atoms with Gasteiger partial charge in [0.25, 0.3) is 5.78 Å². The van der Waals surface area contributed by atoms with Gasteiger partial charge in [0.1, 0.15) is 11.6 Å². The zero-order chi connectivity index (χ0) is 18.3. The summed E-state index contributed by atoms with van der Waals surface area (Å²) in [6.45, 7) is 2.14. The molecule has 1 aromatic rings. The lowest BCUT2D eigenvalue weighted by Crippen LogP contribution is -2.33. The van der Waals surface area contributed by atoms with Crippen molar-refractivity contribution in [3.05, 3.63) is 47.0 Å². The molecule has 1 aliphatic rings. The summed E-state index contributed by atoms with van der Waals surface area (Å²) in [6, 6.07) is 2.44. The van der Waals surface area contributed by atoms with Crippen molar-refractivity contribution < 1.29 is 36.3 Å². The first-order chi connectivity index (χ1) is 10.9. The average molecular weight is 361 g/mol. The number of nitrogens with one attached hydrogen (secondary N) is 1. The van der Waals surface area contributed by atoms with E-state index in [-0.39, 0.29) is 5.56 Å². The summed E-state index contributed by atoms with van der Waals surface area (Å²) < 4.78 is 61.7. The van der Waals surface area contributed by atoms with Crippen LogP contribution < -0.4 is 4.72 Å². The standard InChI is InChI=1S/C14H13F2NO6S/c1-7(18)22-11-12(19)14(2,23-13(11)17-24(3,20)21)9-5-4-8(15)6-10(9)16/h4-6,17H,1-3H3. The van der Waals surface area contributed by atoms with Crippen LogP contribution in [0.5, 0.6) is 0 Å².